The summed E-state index contributed by atoms with van der Waals surface area (Å²) >= 11 is 0. The molecule has 0 saturated carbocycles. The van der Waals surface area contributed by atoms with E-state index in [0.717, 1.165) is 35.0 Å². The highest BCUT2D eigenvalue weighted by molar-refractivity contribution is 5.48. The first-order valence-corrected chi connectivity index (χ1v) is 9.27. The lowest BCUT2D eigenvalue weighted by Gasteiger charge is -2.26. The van der Waals surface area contributed by atoms with Gasteiger partial charge >= 0.3 is 0 Å². The van der Waals surface area contributed by atoms with E-state index in [2.05, 4.69) is 24.4 Å². The van der Waals surface area contributed by atoms with Gasteiger partial charge < -0.3 is 24.3 Å². The monoisotopic (exact) mass is 355 g/mol. The first-order valence-electron chi connectivity index (χ1n) is 9.27. The maximum atomic E-state index is 5.99. The van der Waals surface area contributed by atoms with Gasteiger partial charge in [0.1, 0.15) is 30.3 Å². The van der Waals surface area contributed by atoms with Crippen LogP contribution in [0, 0.1) is 0 Å². The van der Waals surface area contributed by atoms with E-state index in [9.17, 15) is 0 Å². The molecule has 2 aromatic rings. The van der Waals surface area contributed by atoms with Crippen LogP contribution in [-0.4, -0.2) is 32.0 Å². The zero-order chi connectivity index (χ0) is 17.9. The van der Waals surface area contributed by atoms with Gasteiger partial charge in [-0.1, -0.05) is 12.1 Å². The smallest absolute Gasteiger partial charge is 0.161 e. The highest BCUT2D eigenvalue weighted by Gasteiger charge is 2.23. The van der Waals surface area contributed by atoms with Crippen molar-refractivity contribution >= 4 is 0 Å². The highest BCUT2D eigenvalue weighted by atomic mass is 16.6. The van der Waals surface area contributed by atoms with E-state index in [4.69, 9.17) is 18.9 Å². The van der Waals surface area contributed by atoms with Crippen LogP contribution in [0.1, 0.15) is 25.0 Å². The van der Waals surface area contributed by atoms with E-state index in [1.807, 2.05) is 31.2 Å². The molecule has 0 fully saturated rings. The van der Waals surface area contributed by atoms with Crippen LogP contribution in [0.5, 0.6) is 23.0 Å². The van der Waals surface area contributed by atoms with E-state index in [0.29, 0.717) is 26.3 Å². The largest absolute Gasteiger partial charge is 0.494 e. The van der Waals surface area contributed by atoms with Crippen molar-refractivity contribution in [2.75, 3.05) is 19.8 Å². The molecule has 2 heterocycles. The summed E-state index contributed by atoms with van der Waals surface area (Å²) in [6.07, 6.45) is 1.16. The molecule has 0 spiro atoms. The molecule has 0 saturated heterocycles. The van der Waals surface area contributed by atoms with E-state index in [-0.39, 0.29) is 12.2 Å². The summed E-state index contributed by atoms with van der Waals surface area (Å²) in [6.45, 7) is 6.70. The minimum absolute atomic E-state index is 0.00820. The second-order valence-electron chi connectivity index (χ2n) is 6.76. The van der Waals surface area contributed by atoms with Crippen molar-refractivity contribution in [2.24, 2.45) is 0 Å². The minimum Gasteiger partial charge on any atom is -0.494 e. The van der Waals surface area contributed by atoms with E-state index in [1.165, 1.54) is 5.56 Å². The third-order valence-corrected chi connectivity index (χ3v) is 4.63. The van der Waals surface area contributed by atoms with Gasteiger partial charge in [0.05, 0.1) is 6.61 Å². The molecule has 0 aromatic heterocycles. The predicted molar refractivity (Wildman–Crippen MR) is 99.5 cm³/mol. The zero-order valence-electron chi connectivity index (χ0n) is 15.3. The molecule has 2 aromatic carbocycles. The first-order chi connectivity index (χ1) is 12.7. The average Bonchev–Trinajstić information content (AvgIpc) is 3.01. The lowest BCUT2D eigenvalue weighted by molar-refractivity contribution is 0.0901. The molecule has 2 aliphatic rings. The van der Waals surface area contributed by atoms with Gasteiger partial charge in [-0.3, -0.25) is 0 Å². The van der Waals surface area contributed by atoms with Gasteiger partial charge in [-0.25, -0.2) is 0 Å². The maximum absolute atomic E-state index is 5.99. The Labute approximate surface area is 154 Å². The number of para-hydroxylation sites is 2. The normalized spacial score (nSPS) is 20.4. The van der Waals surface area contributed by atoms with Gasteiger partial charge in [0.15, 0.2) is 11.5 Å². The predicted octanol–water partition coefficient (Wildman–Crippen LogP) is 3.34. The van der Waals surface area contributed by atoms with Gasteiger partial charge in [0, 0.05) is 30.6 Å². The third kappa shape index (κ3) is 3.58. The Bertz CT molecular complexity index is 777. The summed E-state index contributed by atoms with van der Waals surface area (Å²) < 4.78 is 23.5. The fourth-order valence-corrected chi connectivity index (χ4v) is 3.44. The van der Waals surface area contributed by atoms with Crippen molar-refractivity contribution in [3.05, 3.63) is 47.5 Å². The van der Waals surface area contributed by atoms with Crippen molar-refractivity contribution in [3.8, 4) is 23.0 Å². The van der Waals surface area contributed by atoms with Crippen LogP contribution < -0.4 is 24.3 Å². The molecule has 4 rings (SSSR count). The van der Waals surface area contributed by atoms with Crippen LogP contribution in [0.3, 0.4) is 0 Å². The summed E-state index contributed by atoms with van der Waals surface area (Å²) in [7, 11) is 0. The Kier molecular flexibility index (Phi) is 4.89. The molecule has 138 valence electrons. The lowest BCUT2D eigenvalue weighted by atomic mass is 10.1. The van der Waals surface area contributed by atoms with Gasteiger partial charge in [0.25, 0.3) is 0 Å². The standard InChI is InChI=1S/C21H25NO4/c1-3-23-20-9-15-8-14(2)25-21(15)10-16(20)11-22-12-17-13-24-18-6-4-5-7-19(18)26-17/h4-7,9-10,14,17,22H,3,8,11-13H2,1-2H3/t14-,17+/m1/s1. The quantitative estimate of drug-likeness (QED) is 0.861. The molecule has 0 unspecified atom stereocenters. The molecule has 26 heavy (non-hydrogen) atoms. The molecule has 0 amide bonds. The number of fused-ring (bicyclic) bond motifs is 2. The molecule has 0 bridgehead atoms. The Morgan fingerprint density at radius 3 is 2.81 bits per heavy atom. The van der Waals surface area contributed by atoms with Crippen LogP contribution in [0.25, 0.3) is 0 Å². The van der Waals surface area contributed by atoms with Crippen molar-refractivity contribution in [2.45, 2.75) is 39.0 Å². The first kappa shape index (κ1) is 17.0. The van der Waals surface area contributed by atoms with Gasteiger partial charge in [-0.15, -0.1) is 0 Å². The number of hydrogen-bond donors (Lipinski definition) is 1. The molecule has 0 aliphatic carbocycles. The maximum Gasteiger partial charge on any atom is 0.161 e. The Balaban J connectivity index is 1.38. The molecule has 1 N–H and O–H groups in total. The summed E-state index contributed by atoms with van der Waals surface area (Å²) in [6, 6.07) is 12.0. The lowest BCUT2D eigenvalue weighted by Crippen LogP contribution is -2.38. The summed E-state index contributed by atoms with van der Waals surface area (Å²) in [4.78, 5) is 0. The summed E-state index contributed by atoms with van der Waals surface area (Å²) in [5.41, 5.74) is 2.34. The molecule has 2 aliphatic heterocycles. The molecular formula is C21H25NO4. The van der Waals surface area contributed by atoms with Crippen LogP contribution in [0.15, 0.2) is 36.4 Å². The van der Waals surface area contributed by atoms with Crippen molar-refractivity contribution in [1.82, 2.24) is 5.32 Å². The van der Waals surface area contributed by atoms with E-state index >= 15 is 0 Å². The Hall–Kier alpha value is -2.40. The summed E-state index contributed by atoms with van der Waals surface area (Å²) in [5.74, 6) is 3.53. The van der Waals surface area contributed by atoms with E-state index < -0.39 is 0 Å². The van der Waals surface area contributed by atoms with Crippen molar-refractivity contribution in [3.63, 3.8) is 0 Å². The Morgan fingerprint density at radius 1 is 1.12 bits per heavy atom. The zero-order valence-corrected chi connectivity index (χ0v) is 15.3. The van der Waals surface area contributed by atoms with Crippen LogP contribution in [0.2, 0.25) is 0 Å². The second-order valence-corrected chi connectivity index (χ2v) is 6.76. The topological polar surface area (TPSA) is 49.0 Å². The third-order valence-electron chi connectivity index (χ3n) is 4.63. The van der Waals surface area contributed by atoms with E-state index in [1.54, 1.807) is 0 Å². The van der Waals surface area contributed by atoms with Crippen molar-refractivity contribution < 1.29 is 18.9 Å². The fraction of sp³-hybridized carbons (Fsp3) is 0.429. The number of benzene rings is 2. The number of rotatable bonds is 6. The van der Waals surface area contributed by atoms with Crippen LogP contribution >= 0.6 is 0 Å². The molecule has 0 radical (unpaired) electrons. The van der Waals surface area contributed by atoms with Crippen LogP contribution in [0.4, 0.5) is 0 Å². The Morgan fingerprint density at radius 2 is 1.96 bits per heavy atom. The van der Waals surface area contributed by atoms with Gasteiger partial charge in [0.2, 0.25) is 0 Å². The number of ether oxygens (including phenoxy) is 4. The van der Waals surface area contributed by atoms with Gasteiger partial charge in [-0.05, 0) is 38.1 Å². The van der Waals surface area contributed by atoms with Gasteiger partial charge in [-0.2, -0.15) is 0 Å². The van der Waals surface area contributed by atoms with Crippen molar-refractivity contribution in [1.29, 1.82) is 0 Å². The molecular weight excluding hydrogens is 330 g/mol. The summed E-state index contributed by atoms with van der Waals surface area (Å²) in [5, 5.41) is 3.46. The minimum atomic E-state index is -0.00820. The average molecular weight is 355 g/mol. The van der Waals surface area contributed by atoms with Crippen LogP contribution in [-0.2, 0) is 13.0 Å². The molecule has 5 nitrogen and oxygen atoms in total. The number of nitrogens with one attached hydrogen (secondary N) is 1. The molecule has 5 heteroatoms. The fourth-order valence-electron chi connectivity index (χ4n) is 3.44. The second kappa shape index (κ2) is 7.46. The SMILES string of the molecule is CCOc1cc2c(cc1CNC[C@H]1COc3ccccc3O1)O[C@H](C)C2. The number of hydrogen-bond acceptors (Lipinski definition) is 5. The molecule has 2 atom stereocenters. The highest BCUT2D eigenvalue weighted by Crippen LogP contribution is 2.35.